The van der Waals surface area contributed by atoms with Gasteiger partial charge in [0.2, 0.25) is 0 Å². The Morgan fingerprint density at radius 2 is 2.54 bits per heavy atom. The van der Waals surface area contributed by atoms with Crippen molar-refractivity contribution < 1.29 is 14.6 Å². The minimum absolute atomic E-state index is 0.431. The molecule has 1 N–H and O–H groups in total. The van der Waals surface area contributed by atoms with Gasteiger partial charge in [-0.3, -0.25) is 0 Å². The van der Waals surface area contributed by atoms with Crippen LogP contribution in [0.2, 0.25) is 0 Å². The normalized spacial score (nSPS) is 12.5. The van der Waals surface area contributed by atoms with E-state index in [1.165, 1.54) is 0 Å². The summed E-state index contributed by atoms with van der Waals surface area (Å²) in [5, 5.41) is 8.45. The molecule has 0 aromatic carbocycles. The van der Waals surface area contributed by atoms with Gasteiger partial charge in [0.1, 0.15) is 12.4 Å². The van der Waals surface area contributed by atoms with E-state index in [1.807, 2.05) is 7.05 Å². The summed E-state index contributed by atoms with van der Waals surface area (Å²) in [5.41, 5.74) is 0. The van der Waals surface area contributed by atoms with E-state index >= 15 is 0 Å². The van der Waals surface area contributed by atoms with Crippen molar-refractivity contribution in [2.24, 2.45) is 7.05 Å². The summed E-state index contributed by atoms with van der Waals surface area (Å²) in [7, 11) is 1.81. The molecule has 72 valence electrons. The van der Waals surface area contributed by atoms with Gasteiger partial charge in [0.05, 0.1) is 0 Å². The minimum atomic E-state index is -0.643. The molecule has 1 heterocycles. The van der Waals surface area contributed by atoms with Gasteiger partial charge in [0.15, 0.2) is 6.10 Å². The number of aromatic nitrogens is 2. The average Bonchev–Trinajstić information content (AvgIpc) is 2.51. The quantitative estimate of drug-likeness (QED) is 0.672. The monoisotopic (exact) mass is 184 g/mol. The highest BCUT2D eigenvalue weighted by molar-refractivity contribution is 5.70. The van der Waals surface area contributed by atoms with Crippen LogP contribution in [0.3, 0.4) is 0 Å². The van der Waals surface area contributed by atoms with Gasteiger partial charge < -0.3 is 14.4 Å². The zero-order chi connectivity index (χ0) is 9.84. The Labute approximate surface area is 76.0 Å². The predicted octanol–water partition coefficient (Wildman–Crippen LogP) is 0.0166. The lowest BCUT2D eigenvalue weighted by Crippen LogP contribution is -2.14. The average molecular weight is 184 g/mol. The fourth-order valence-electron chi connectivity index (χ4n) is 1.06. The lowest BCUT2D eigenvalue weighted by atomic mass is 10.4. The van der Waals surface area contributed by atoms with E-state index in [4.69, 9.17) is 9.84 Å². The van der Waals surface area contributed by atoms with Crippen LogP contribution in [-0.4, -0.2) is 27.2 Å². The summed E-state index contributed by atoms with van der Waals surface area (Å²) in [6.07, 6.45) is 2.96. The number of hydrogen-bond donors (Lipinski definition) is 1. The number of ether oxygens (including phenoxy) is 1. The van der Waals surface area contributed by atoms with Gasteiger partial charge >= 0.3 is 5.97 Å². The smallest absolute Gasteiger partial charge is 0.332 e. The summed E-state index contributed by atoms with van der Waals surface area (Å²) in [6.45, 7) is 1.10. The van der Waals surface area contributed by atoms with Crippen LogP contribution in [0, 0.1) is 0 Å². The van der Waals surface area contributed by atoms with Crippen molar-refractivity contribution in [3.05, 3.63) is 18.2 Å². The molecular formula is C8H12N2O3. The van der Waals surface area contributed by atoms with Crippen LogP contribution in [-0.2, 0) is 16.6 Å². The van der Waals surface area contributed by atoms with E-state index < -0.39 is 18.7 Å². The highest BCUT2D eigenvalue weighted by atomic mass is 16.6. The highest BCUT2D eigenvalue weighted by Gasteiger charge is 2.14. The first kappa shape index (κ1) is 9.73. The van der Waals surface area contributed by atoms with Crippen molar-refractivity contribution in [1.82, 2.24) is 9.55 Å². The summed E-state index contributed by atoms with van der Waals surface area (Å²) < 4.78 is 6.61. The van der Waals surface area contributed by atoms with Gasteiger partial charge in [0, 0.05) is 19.4 Å². The largest absolute Gasteiger partial charge is 0.453 e. The first-order chi connectivity index (χ1) is 6.15. The number of carbonyl (C=O) groups is 1. The Morgan fingerprint density at radius 3 is 3.00 bits per heavy atom. The van der Waals surface area contributed by atoms with Crippen molar-refractivity contribution in [2.75, 3.05) is 6.61 Å². The Balaban J connectivity index is 2.63. The first-order valence-electron chi connectivity index (χ1n) is 3.92. The molecule has 0 aliphatic carbocycles. The van der Waals surface area contributed by atoms with Crippen molar-refractivity contribution in [1.29, 1.82) is 0 Å². The fourth-order valence-corrected chi connectivity index (χ4v) is 1.06. The summed E-state index contributed by atoms with van der Waals surface area (Å²) in [4.78, 5) is 14.7. The Hall–Kier alpha value is -1.36. The third-order valence-corrected chi connectivity index (χ3v) is 1.66. The van der Waals surface area contributed by atoms with Crippen molar-refractivity contribution in [3.8, 4) is 0 Å². The number of rotatable bonds is 3. The maximum absolute atomic E-state index is 10.7. The molecule has 13 heavy (non-hydrogen) atoms. The van der Waals surface area contributed by atoms with E-state index in [9.17, 15) is 4.79 Å². The number of aryl methyl sites for hydroxylation is 1. The number of carbonyl (C=O) groups excluding carboxylic acids is 1. The maximum Gasteiger partial charge on any atom is 0.332 e. The van der Waals surface area contributed by atoms with E-state index in [-0.39, 0.29) is 0 Å². The molecule has 0 saturated carbocycles. The molecule has 0 aliphatic rings. The topological polar surface area (TPSA) is 64.3 Å². The lowest BCUT2D eigenvalue weighted by molar-refractivity contribution is -0.152. The zero-order valence-electron chi connectivity index (χ0n) is 7.60. The number of aliphatic hydroxyl groups excluding tert-OH is 1. The lowest BCUT2D eigenvalue weighted by Gasteiger charge is -2.11. The third kappa shape index (κ3) is 2.29. The molecule has 1 atom stereocenters. The minimum Gasteiger partial charge on any atom is -0.453 e. The molecule has 0 saturated heterocycles. The highest BCUT2D eigenvalue weighted by Crippen LogP contribution is 2.13. The number of hydrogen-bond acceptors (Lipinski definition) is 4. The van der Waals surface area contributed by atoms with Crippen molar-refractivity contribution in [3.63, 3.8) is 0 Å². The van der Waals surface area contributed by atoms with Crippen LogP contribution in [0.5, 0.6) is 0 Å². The first-order valence-corrected chi connectivity index (χ1v) is 3.92. The standard InChI is InChI=1S/C8H12N2O3/c1-6(13-7(12)5-11)8-9-3-4-10(8)2/h3-4,6,11H,5H2,1-2H3. The molecule has 1 aromatic rings. The zero-order valence-corrected chi connectivity index (χ0v) is 7.60. The number of esters is 1. The molecule has 5 nitrogen and oxygen atoms in total. The molecular weight excluding hydrogens is 172 g/mol. The second kappa shape index (κ2) is 4.04. The SMILES string of the molecule is CC(OC(=O)CO)c1nccn1C. The molecule has 0 amide bonds. The maximum atomic E-state index is 10.7. The van der Waals surface area contributed by atoms with Crippen LogP contribution in [0.4, 0.5) is 0 Å². The van der Waals surface area contributed by atoms with Crippen LogP contribution in [0.15, 0.2) is 12.4 Å². The number of nitrogens with zero attached hydrogens (tertiary/aromatic N) is 2. The molecule has 0 spiro atoms. The molecule has 5 heteroatoms. The van der Waals surface area contributed by atoms with Crippen LogP contribution in [0.25, 0.3) is 0 Å². The number of imidazole rings is 1. The van der Waals surface area contributed by atoms with Gasteiger partial charge in [-0.25, -0.2) is 9.78 Å². The van der Waals surface area contributed by atoms with Crippen LogP contribution < -0.4 is 0 Å². The summed E-state index contributed by atoms with van der Waals surface area (Å²) in [5.74, 6) is 0.0114. The predicted molar refractivity (Wildman–Crippen MR) is 44.8 cm³/mol. The van der Waals surface area contributed by atoms with E-state index in [0.717, 1.165) is 0 Å². The number of aliphatic hydroxyl groups is 1. The third-order valence-electron chi connectivity index (χ3n) is 1.66. The molecule has 0 aliphatic heterocycles. The Kier molecular flexibility index (Phi) is 3.02. The summed E-state index contributed by atoms with van der Waals surface area (Å²) >= 11 is 0. The van der Waals surface area contributed by atoms with Crippen LogP contribution >= 0.6 is 0 Å². The fraction of sp³-hybridized carbons (Fsp3) is 0.500. The van der Waals surface area contributed by atoms with Gasteiger partial charge in [-0.1, -0.05) is 0 Å². The van der Waals surface area contributed by atoms with E-state index in [0.29, 0.717) is 5.82 Å². The van der Waals surface area contributed by atoms with Crippen LogP contribution in [0.1, 0.15) is 18.9 Å². The Morgan fingerprint density at radius 1 is 1.85 bits per heavy atom. The molecule has 1 rings (SSSR count). The second-order valence-electron chi connectivity index (χ2n) is 2.69. The van der Waals surface area contributed by atoms with E-state index in [2.05, 4.69) is 4.98 Å². The summed E-state index contributed by atoms with van der Waals surface area (Å²) in [6, 6.07) is 0. The molecule has 1 unspecified atom stereocenters. The molecule has 0 radical (unpaired) electrons. The van der Waals surface area contributed by atoms with Crippen molar-refractivity contribution in [2.45, 2.75) is 13.0 Å². The van der Waals surface area contributed by atoms with Crippen molar-refractivity contribution >= 4 is 5.97 Å². The van der Waals surface area contributed by atoms with Gasteiger partial charge in [-0.2, -0.15) is 0 Å². The molecule has 0 fully saturated rings. The van der Waals surface area contributed by atoms with Gasteiger partial charge in [-0.15, -0.1) is 0 Å². The Bertz CT molecular complexity index is 295. The second-order valence-corrected chi connectivity index (χ2v) is 2.69. The molecule has 1 aromatic heterocycles. The van der Waals surface area contributed by atoms with Gasteiger partial charge in [0.25, 0.3) is 0 Å². The van der Waals surface area contributed by atoms with Gasteiger partial charge in [-0.05, 0) is 6.92 Å². The van der Waals surface area contributed by atoms with E-state index in [1.54, 1.807) is 23.9 Å². The molecule has 0 bridgehead atoms.